The minimum Gasteiger partial charge on any atom is -0.481 e. The molecule has 0 radical (unpaired) electrons. The van der Waals surface area contributed by atoms with Gasteiger partial charge in [0.25, 0.3) is 0 Å². The van der Waals surface area contributed by atoms with Crippen LogP contribution in [0.4, 0.5) is 0 Å². The summed E-state index contributed by atoms with van der Waals surface area (Å²) in [6.07, 6.45) is 4.39. The summed E-state index contributed by atoms with van der Waals surface area (Å²) in [6.45, 7) is 1.76. The molecule has 0 aromatic heterocycles. The Hall–Kier alpha value is -2.16. The maximum atomic E-state index is 12.0. The SMILES string of the molecule is CC1=C2C(=CC(=O)C1=O)O[C@]1(c3ccccc3)CCC[C@H]21. The standard InChI is InChI=1S/C18H16O3/c1-11-16-13-8-5-9-18(13,12-6-3-2-4-7-12)21-15(16)10-14(19)17(11)20/h2-4,6-7,10,13H,5,8-9H2,1H3/t13-,18+/m1/s1. The highest BCUT2D eigenvalue weighted by Gasteiger charge is 2.56. The zero-order valence-electron chi connectivity index (χ0n) is 11.9. The van der Waals surface area contributed by atoms with Crippen LogP contribution in [0, 0.1) is 5.92 Å². The quantitative estimate of drug-likeness (QED) is 0.586. The maximum Gasteiger partial charge on any atom is 0.229 e. The molecule has 0 amide bonds. The van der Waals surface area contributed by atoms with E-state index in [4.69, 9.17) is 4.74 Å². The first-order chi connectivity index (χ1) is 10.1. The van der Waals surface area contributed by atoms with Crippen molar-refractivity contribution in [3.8, 4) is 0 Å². The highest BCUT2D eigenvalue weighted by atomic mass is 16.5. The van der Waals surface area contributed by atoms with Gasteiger partial charge < -0.3 is 4.74 Å². The lowest BCUT2D eigenvalue weighted by molar-refractivity contribution is -0.131. The average molecular weight is 280 g/mol. The van der Waals surface area contributed by atoms with Crippen LogP contribution in [0.1, 0.15) is 31.7 Å². The Morgan fingerprint density at radius 2 is 1.95 bits per heavy atom. The number of hydrogen-bond donors (Lipinski definition) is 0. The second-order valence-electron chi connectivity index (χ2n) is 6.04. The molecular formula is C18H16O3. The Morgan fingerprint density at radius 3 is 2.71 bits per heavy atom. The Labute approximate surface area is 123 Å². The van der Waals surface area contributed by atoms with Gasteiger partial charge in [-0.05, 0) is 31.7 Å². The molecule has 4 rings (SSSR count). The number of ketones is 2. The molecular weight excluding hydrogens is 264 g/mol. The number of allylic oxidation sites excluding steroid dienone is 3. The largest absolute Gasteiger partial charge is 0.481 e. The van der Waals surface area contributed by atoms with E-state index >= 15 is 0 Å². The highest BCUT2D eigenvalue weighted by Crippen LogP contribution is 2.59. The Balaban J connectivity index is 1.91. The molecule has 1 saturated carbocycles. The van der Waals surface area contributed by atoms with Crippen molar-refractivity contribution in [1.82, 2.24) is 0 Å². The molecule has 0 bridgehead atoms. The molecule has 0 N–H and O–H groups in total. The van der Waals surface area contributed by atoms with Crippen LogP contribution in [0.15, 0.2) is 53.3 Å². The van der Waals surface area contributed by atoms with E-state index in [2.05, 4.69) is 12.1 Å². The van der Waals surface area contributed by atoms with Crippen LogP contribution < -0.4 is 0 Å². The van der Waals surface area contributed by atoms with E-state index in [0.29, 0.717) is 11.3 Å². The highest BCUT2D eigenvalue weighted by molar-refractivity contribution is 6.48. The molecule has 3 aliphatic rings. The topological polar surface area (TPSA) is 43.4 Å². The molecule has 21 heavy (non-hydrogen) atoms. The first-order valence-corrected chi connectivity index (χ1v) is 7.39. The average Bonchev–Trinajstić information content (AvgIpc) is 3.02. The van der Waals surface area contributed by atoms with Crippen molar-refractivity contribution < 1.29 is 14.3 Å². The second kappa shape index (κ2) is 4.17. The summed E-state index contributed by atoms with van der Waals surface area (Å²) in [5.74, 6) is -0.0450. The van der Waals surface area contributed by atoms with Crippen molar-refractivity contribution in [2.45, 2.75) is 31.8 Å². The van der Waals surface area contributed by atoms with Gasteiger partial charge in [-0.3, -0.25) is 9.59 Å². The fourth-order valence-corrected chi connectivity index (χ4v) is 4.07. The molecule has 0 unspecified atom stereocenters. The zero-order valence-corrected chi connectivity index (χ0v) is 11.9. The number of rotatable bonds is 1. The number of Topliss-reactive ketones (excluding diaryl/α,β-unsaturated/α-hetero) is 1. The summed E-state index contributed by atoms with van der Waals surface area (Å²) in [7, 11) is 0. The molecule has 2 fully saturated rings. The number of fused-ring (bicyclic) bond motifs is 3. The van der Waals surface area contributed by atoms with Gasteiger partial charge in [0.2, 0.25) is 11.6 Å². The first kappa shape index (κ1) is 12.6. The van der Waals surface area contributed by atoms with Gasteiger partial charge in [0.05, 0.1) is 0 Å². The zero-order chi connectivity index (χ0) is 14.6. The molecule has 2 atom stereocenters. The molecule has 1 aromatic rings. The lowest BCUT2D eigenvalue weighted by Crippen LogP contribution is -2.28. The van der Waals surface area contributed by atoms with Gasteiger partial charge in [-0.1, -0.05) is 30.3 Å². The van der Waals surface area contributed by atoms with E-state index in [0.717, 1.165) is 30.4 Å². The third kappa shape index (κ3) is 1.54. The fraction of sp³-hybridized carbons (Fsp3) is 0.333. The van der Waals surface area contributed by atoms with Crippen molar-refractivity contribution in [2.24, 2.45) is 5.92 Å². The van der Waals surface area contributed by atoms with Crippen LogP contribution >= 0.6 is 0 Å². The van der Waals surface area contributed by atoms with Crippen LogP contribution in [-0.4, -0.2) is 11.6 Å². The number of hydrogen-bond acceptors (Lipinski definition) is 3. The minimum atomic E-state index is -0.463. The van der Waals surface area contributed by atoms with Gasteiger partial charge in [0.15, 0.2) is 0 Å². The first-order valence-electron chi connectivity index (χ1n) is 7.39. The normalized spacial score (nSPS) is 30.9. The predicted molar refractivity (Wildman–Crippen MR) is 77.3 cm³/mol. The van der Waals surface area contributed by atoms with E-state index in [1.807, 2.05) is 18.2 Å². The van der Waals surface area contributed by atoms with Crippen molar-refractivity contribution >= 4 is 11.6 Å². The summed E-state index contributed by atoms with van der Waals surface area (Å²) in [5.41, 5.74) is 2.28. The maximum absolute atomic E-state index is 12.0. The molecule has 0 spiro atoms. The fourth-order valence-electron chi connectivity index (χ4n) is 4.07. The van der Waals surface area contributed by atoms with Crippen LogP contribution in [0.25, 0.3) is 0 Å². The molecule has 3 nitrogen and oxygen atoms in total. The monoisotopic (exact) mass is 280 g/mol. The van der Waals surface area contributed by atoms with Gasteiger partial charge in [-0.15, -0.1) is 0 Å². The second-order valence-corrected chi connectivity index (χ2v) is 6.04. The van der Waals surface area contributed by atoms with E-state index in [-0.39, 0.29) is 11.7 Å². The van der Waals surface area contributed by atoms with Crippen molar-refractivity contribution in [3.05, 3.63) is 58.9 Å². The van der Waals surface area contributed by atoms with Crippen molar-refractivity contribution in [3.63, 3.8) is 0 Å². The number of carbonyl (C=O) groups is 2. The number of benzene rings is 1. The Morgan fingerprint density at radius 1 is 1.19 bits per heavy atom. The summed E-state index contributed by atoms with van der Waals surface area (Å²) in [6, 6.07) is 10.2. The summed E-state index contributed by atoms with van der Waals surface area (Å²) < 4.78 is 6.28. The third-order valence-corrected chi connectivity index (χ3v) is 5.00. The van der Waals surface area contributed by atoms with E-state index < -0.39 is 11.4 Å². The van der Waals surface area contributed by atoms with Crippen molar-refractivity contribution in [2.75, 3.05) is 0 Å². The van der Waals surface area contributed by atoms with Gasteiger partial charge in [-0.25, -0.2) is 0 Å². The molecule has 1 heterocycles. The molecule has 2 aliphatic carbocycles. The molecule has 3 heteroatoms. The van der Waals surface area contributed by atoms with E-state index in [1.165, 1.54) is 6.08 Å². The lowest BCUT2D eigenvalue weighted by atomic mass is 9.78. The van der Waals surface area contributed by atoms with E-state index in [1.54, 1.807) is 6.92 Å². The van der Waals surface area contributed by atoms with Gasteiger partial charge in [-0.2, -0.15) is 0 Å². The number of carbonyl (C=O) groups excluding carboxylic acids is 2. The third-order valence-electron chi connectivity index (χ3n) is 5.00. The summed E-state index contributed by atoms with van der Waals surface area (Å²) >= 11 is 0. The molecule has 106 valence electrons. The Bertz CT molecular complexity index is 711. The summed E-state index contributed by atoms with van der Waals surface area (Å²) in [5, 5.41) is 0. The predicted octanol–water partition coefficient (Wildman–Crippen LogP) is 3.06. The number of ether oxygens (including phenoxy) is 1. The molecule has 1 aliphatic heterocycles. The van der Waals surface area contributed by atoms with Crippen LogP contribution in [0.3, 0.4) is 0 Å². The summed E-state index contributed by atoms with van der Waals surface area (Å²) in [4.78, 5) is 23.8. The Kier molecular flexibility index (Phi) is 2.49. The lowest BCUT2D eigenvalue weighted by Gasteiger charge is -2.28. The molecule has 1 saturated heterocycles. The smallest absolute Gasteiger partial charge is 0.229 e. The van der Waals surface area contributed by atoms with Crippen molar-refractivity contribution in [1.29, 1.82) is 0 Å². The molecule has 1 aromatic carbocycles. The van der Waals surface area contributed by atoms with Gasteiger partial charge >= 0.3 is 0 Å². The van der Waals surface area contributed by atoms with Crippen LogP contribution in [-0.2, 0) is 19.9 Å². The van der Waals surface area contributed by atoms with Crippen LogP contribution in [0.5, 0.6) is 0 Å². The van der Waals surface area contributed by atoms with Gasteiger partial charge in [0, 0.05) is 23.1 Å². The van der Waals surface area contributed by atoms with E-state index in [9.17, 15) is 9.59 Å². The van der Waals surface area contributed by atoms with Gasteiger partial charge in [0.1, 0.15) is 11.4 Å². The van der Waals surface area contributed by atoms with Crippen LogP contribution in [0.2, 0.25) is 0 Å². The minimum absolute atomic E-state index is 0.184.